The van der Waals surface area contributed by atoms with E-state index < -0.39 is 16.6 Å². The topological polar surface area (TPSA) is 89.1 Å². The zero-order valence-corrected chi connectivity index (χ0v) is 12.7. The van der Waals surface area contributed by atoms with Gasteiger partial charge < -0.3 is 10.5 Å². The van der Waals surface area contributed by atoms with Gasteiger partial charge in [-0.1, -0.05) is 53.5 Å². The number of nitrogens with one attached hydrogen (secondary N) is 1. The molecule has 0 radical (unpaired) electrons. The molecular weight excluding hydrogens is 315 g/mol. The number of alkyl carbamates (subject to hydrolysis) is 1. The van der Waals surface area contributed by atoms with E-state index in [1.807, 2.05) is 30.3 Å². The number of amides is 1. The van der Waals surface area contributed by atoms with E-state index in [1.165, 1.54) is 0 Å². The second-order valence-electron chi connectivity index (χ2n) is 4.21. The lowest BCUT2D eigenvalue weighted by molar-refractivity contribution is 0.146. The van der Waals surface area contributed by atoms with Crippen LogP contribution in [0.25, 0.3) is 0 Å². The van der Waals surface area contributed by atoms with E-state index in [1.54, 1.807) is 6.92 Å². The standard InChI is InChI=1S/C13H14Cl2N4O2/c1-2-21-12(20)19-13(10(14)15)11(16)17-9(18-13)8-6-4-3-5-7-8/h3-7,10H,2H2,1H3,(H,19,20)(H2,16,17,18). The van der Waals surface area contributed by atoms with Gasteiger partial charge in [0.1, 0.15) is 0 Å². The van der Waals surface area contributed by atoms with E-state index in [0.717, 1.165) is 5.56 Å². The first-order valence-corrected chi connectivity index (χ1v) is 7.10. The summed E-state index contributed by atoms with van der Waals surface area (Å²) in [5.41, 5.74) is 5.09. The van der Waals surface area contributed by atoms with Gasteiger partial charge in [0.2, 0.25) is 5.66 Å². The number of alkyl halides is 2. The normalized spacial score (nSPS) is 21.0. The quantitative estimate of drug-likeness (QED) is 0.829. The summed E-state index contributed by atoms with van der Waals surface area (Å²) in [6.45, 7) is 1.87. The molecule has 3 N–H and O–H groups in total. The van der Waals surface area contributed by atoms with Crippen molar-refractivity contribution in [1.82, 2.24) is 5.32 Å². The predicted molar refractivity (Wildman–Crippen MR) is 83.0 cm³/mol. The molecule has 112 valence electrons. The van der Waals surface area contributed by atoms with Crippen LogP contribution in [0.3, 0.4) is 0 Å². The Balaban J connectivity index is 2.36. The molecule has 0 saturated carbocycles. The van der Waals surface area contributed by atoms with Crippen molar-refractivity contribution in [2.45, 2.75) is 17.4 Å². The molecule has 1 aliphatic rings. The highest BCUT2D eigenvalue weighted by Gasteiger charge is 2.47. The Kier molecular flexibility index (Phi) is 4.69. The Bertz CT molecular complexity index is 589. The maximum Gasteiger partial charge on any atom is 0.409 e. The molecule has 6 nitrogen and oxygen atoms in total. The summed E-state index contributed by atoms with van der Waals surface area (Å²) < 4.78 is 4.82. The Morgan fingerprint density at radius 3 is 2.67 bits per heavy atom. The number of halogens is 2. The number of carbonyl (C=O) groups is 1. The van der Waals surface area contributed by atoms with Gasteiger partial charge in [0.05, 0.1) is 6.61 Å². The molecule has 1 unspecified atom stereocenters. The lowest BCUT2D eigenvalue weighted by atomic mass is 10.2. The van der Waals surface area contributed by atoms with Crippen LogP contribution in [0.5, 0.6) is 0 Å². The van der Waals surface area contributed by atoms with E-state index in [0.29, 0.717) is 5.84 Å². The van der Waals surface area contributed by atoms with Crippen molar-refractivity contribution < 1.29 is 9.53 Å². The van der Waals surface area contributed by atoms with Crippen LogP contribution in [0.4, 0.5) is 4.79 Å². The summed E-state index contributed by atoms with van der Waals surface area (Å²) in [4.78, 5) is 19.0. The molecule has 1 amide bonds. The molecule has 0 aliphatic carbocycles. The van der Waals surface area contributed by atoms with Crippen LogP contribution in [-0.2, 0) is 4.74 Å². The third-order valence-electron chi connectivity index (χ3n) is 2.81. The molecule has 1 heterocycles. The van der Waals surface area contributed by atoms with Crippen molar-refractivity contribution in [2.75, 3.05) is 6.61 Å². The molecule has 2 rings (SSSR count). The molecule has 1 atom stereocenters. The molecule has 0 aromatic heterocycles. The molecule has 0 saturated heterocycles. The number of nitrogens with two attached hydrogens (primary N) is 1. The maximum absolute atomic E-state index is 11.7. The highest BCUT2D eigenvalue weighted by atomic mass is 35.5. The first kappa shape index (κ1) is 15.6. The lowest BCUT2D eigenvalue weighted by Crippen LogP contribution is -2.59. The molecule has 1 aromatic carbocycles. The van der Waals surface area contributed by atoms with Crippen molar-refractivity contribution in [3.05, 3.63) is 35.9 Å². The van der Waals surface area contributed by atoms with Crippen molar-refractivity contribution in [3.63, 3.8) is 0 Å². The largest absolute Gasteiger partial charge is 0.450 e. The summed E-state index contributed by atoms with van der Waals surface area (Å²) in [5.74, 6) is 0.348. The molecular formula is C13H14Cl2N4O2. The fourth-order valence-electron chi connectivity index (χ4n) is 1.79. The van der Waals surface area contributed by atoms with E-state index >= 15 is 0 Å². The highest BCUT2D eigenvalue weighted by molar-refractivity contribution is 6.47. The number of benzene rings is 1. The number of amidine groups is 2. The van der Waals surface area contributed by atoms with Gasteiger partial charge in [-0.3, -0.25) is 5.32 Å². The summed E-state index contributed by atoms with van der Waals surface area (Å²) in [7, 11) is 0. The van der Waals surface area contributed by atoms with Gasteiger partial charge in [-0.2, -0.15) is 0 Å². The molecule has 1 aliphatic heterocycles. The first-order chi connectivity index (χ1) is 9.99. The summed E-state index contributed by atoms with van der Waals surface area (Å²) in [6.07, 6.45) is -0.722. The van der Waals surface area contributed by atoms with Gasteiger partial charge in [0.25, 0.3) is 0 Å². The minimum Gasteiger partial charge on any atom is -0.450 e. The fraction of sp³-hybridized carbons (Fsp3) is 0.308. The number of nitrogens with zero attached hydrogens (tertiary/aromatic N) is 2. The molecule has 0 bridgehead atoms. The van der Waals surface area contributed by atoms with Gasteiger partial charge in [-0.15, -0.1) is 0 Å². The summed E-state index contributed by atoms with van der Waals surface area (Å²) in [6, 6.07) is 9.16. The molecule has 0 spiro atoms. The number of hydrogen-bond acceptors (Lipinski definition) is 5. The first-order valence-electron chi connectivity index (χ1n) is 6.22. The number of hydrogen-bond donors (Lipinski definition) is 2. The Morgan fingerprint density at radius 2 is 2.10 bits per heavy atom. The summed E-state index contributed by atoms with van der Waals surface area (Å²) in [5, 5.41) is 2.47. The van der Waals surface area contributed by atoms with E-state index in [2.05, 4.69) is 15.3 Å². The zero-order valence-electron chi connectivity index (χ0n) is 11.2. The Morgan fingerprint density at radius 1 is 1.43 bits per heavy atom. The summed E-state index contributed by atoms with van der Waals surface area (Å²) >= 11 is 11.9. The second kappa shape index (κ2) is 6.32. The molecule has 0 fully saturated rings. The average molecular weight is 329 g/mol. The number of rotatable bonds is 4. The molecule has 21 heavy (non-hydrogen) atoms. The van der Waals surface area contributed by atoms with Crippen molar-refractivity contribution in [1.29, 1.82) is 0 Å². The smallest absolute Gasteiger partial charge is 0.409 e. The van der Waals surface area contributed by atoms with Crippen molar-refractivity contribution in [3.8, 4) is 0 Å². The van der Waals surface area contributed by atoms with Gasteiger partial charge in [0.15, 0.2) is 16.5 Å². The van der Waals surface area contributed by atoms with Crippen molar-refractivity contribution >= 4 is 41.0 Å². The van der Waals surface area contributed by atoms with Gasteiger partial charge in [-0.05, 0) is 6.92 Å². The monoisotopic (exact) mass is 328 g/mol. The maximum atomic E-state index is 11.7. The predicted octanol–water partition coefficient (Wildman–Crippen LogP) is 2.05. The zero-order chi connectivity index (χ0) is 15.5. The van der Waals surface area contributed by atoms with Gasteiger partial charge >= 0.3 is 6.09 Å². The lowest BCUT2D eigenvalue weighted by Gasteiger charge is -2.27. The van der Waals surface area contributed by atoms with E-state index in [-0.39, 0.29) is 12.4 Å². The van der Waals surface area contributed by atoms with Gasteiger partial charge in [-0.25, -0.2) is 14.8 Å². The van der Waals surface area contributed by atoms with Crippen LogP contribution < -0.4 is 11.1 Å². The second-order valence-corrected chi connectivity index (χ2v) is 5.31. The number of carbonyl (C=O) groups excluding carboxylic acids is 1. The van der Waals surface area contributed by atoms with Crippen LogP contribution in [0.2, 0.25) is 0 Å². The van der Waals surface area contributed by atoms with Crippen molar-refractivity contribution in [2.24, 2.45) is 15.7 Å². The molecule has 8 heteroatoms. The SMILES string of the molecule is CCOC(=O)NC1(C(Cl)Cl)N=C(c2ccccc2)N=C1N. The van der Waals surface area contributed by atoms with Crippen LogP contribution in [0.1, 0.15) is 12.5 Å². The van der Waals surface area contributed by atoms with Crippen LogP contribution in [0.15, 0.2) is 40.3 Å². The Hall–Kier alpha value is -1.79. The highest BCUT2D eigenvalue weighted by Crippen LogP contribution is 2.28. The van der Waals surface area contributed by atoms with Crippen LogP contribution in [0, 0.1) is 0 Å². The van der Waals surface area contributed by atoms with E-state index in [9.17, 15) is 4.79 Å². The third kappa shape index (κ3) is 3.11. The molecule has 1 aromatic rings. The Labute approximate surface area is 132 Å². The number of ether oxygens (including phenoxy) is 1. The van der Waals surface area contributed by atoms with E-state index in [4.69, 9.17) is 33.7 Å². The van der Waals surface area contributed by atoms with Gasteiger partial charge in [0, 0.05) is 5.56 Å². The minimum absolute atomic E-state index is 0.00408. The number of aliphatic imine (C=N–C) groups is 2. The minimum atomic E-state index is -1.53. The average Bonchev–Trinajstić information content (AvgIpc) is 2.78. The van der Waals surface area contributed by atoms with Crippen LogP contribution >= 0.6 is 23.2 Å². The van der Waals surface area contributed by atoms with Crippen LogP contribution in [-0.4, -0.2) is 34.9 Å². The fourth-order valence-corrected chi connectivity index (χ4v) is 2.23. The third-order valence-corrected chi connectivity index (χ3v) is 3.45.